The number of aryl methyl sites for hydroxylation is 1. The van der Waals surface area contributed by atoms with Crippen LogP contribution in [-0.4, -0.2) is 17.0 Å². The van der Waals surface area contributed by atoms with E-state index in [1.54, 1.807) is 6.07 Å². The summed E-state index contributed by atoms with van der Waals surface area (Å²) in [5, 5.41) is 14.6. The van der Waals surface area contributed by atoms with E-state index in [0.717, 1.165) is 12.0 Å². The third-order valence-corrected chi connectivity index (χ3v) is 2.86. The minimum absolute atomic E-state index is 0.00254. The number of carbonyl (C=O) groups is 1. The Hall–Kier alpha value is -2.04. The van der Waals surface area contributed by atoms with Gasteiger partial charge in [0.1, 0.15) is 0 Å². The minimum atomic E-state index is -0.0636. The van der Waals surface area contributed by atoms with Gasteiger partial charge in [0, 0.05) is 12.0 Å². The van der Waals surface area contributed by atoms with Crippen molar-refractivity contribution in [3.05, 3.63) is 29.3 Å². The number of nitrogens with two attached hydrogens (primary N) is 1. The van der Waals surface area contributed by atoms with Crippen molar-refractivity contribution in [2.75, 3.05) is 5.32 Å². The van der Waals surface area contributed by atoms with E-state index in [0.29, 0.717) is 23.6 Å². The predicted octanol–water partition coefficient (Wildman–Crippen LogP) is 2.46. The Morgan fingerprint density at radius 1 is 1.47 bits per heavy atom. The largest absolute Gasteiger partial charge is 0.409 e. The van der Waals surface area contributed by atoms with Crippen LogP contribution in [0.15, 0.2) is 23.4 Å². The van der Waals surface area contributed by atoms with Crippen LogP contribution in [0.1, 0.15) is 37.8 Å². The molecule has 0 radical (unpaired) electrons. The van der Waals surface area contributed by atoms with Crippen molar-refractivity contribution < 1.29 is 10.0 Å². The fourth-order valence-electron chi connectivity index (χ4n) is 1.79. The average molecular weight is 263 g/mol. The molecule has 0 saturated carbocycles. The number of rotatable bonds is 5. The van der Waals surface area contributed by atoms with E-state index < -0.39 is 0 Å². The zero-order valence-electron chi connectivity index (χ0n) is 11.6. The standard InChI is InChI=1S/C14H21N3O2/c1-9(2)7-8-12(18)16-11-6-4-5-10(3)13(11)14(15)17-19/h4-6,9,19H,7-8H2,1-3H3,(H2,15,17)(H,16,18). The van der Waals surface area contributed by atoms with Crippen molar-refractivity contribution in [1.29, 1.82) is 0 Å². The summed E-state index contributed by atoms with van der Waals surface area (Å²) < 4.78 is 0. The molecule has 0 aliphatic heterocycles. The molecule has 4 N–H and O–H groups in total. The summed E-state index contributed by atoms with van der Waals surface area (Å²) in [6.45, 7) is 5.99. The Morgan fingerprint density at radius 3 is 2.74 bits per heavy atom. The van der Waals surface area contributed by atoms with Crippen LogP contribution in [0.5, 0.6) is 0 Å². The lowest BCUT2D eigenvalue weighted by molar-refractivity contribution is -0.116. The van der Waals surface area contributed by atoms with Crippen molar-refractivity contribution in [2.45, 2.75) is 33.6 Å². The van der Waals surface area contributed by atoms with E-state index in [9.17, 15) is 4.79 Å². The van der Waals surface area contributed by atoms with E-state index in [1.807, 2.05) is 19.1 Å². The summed E-state index contributed by atoms with van der Waals surface area (Å²) in [5.41, 5.74) is 7.62. The van der Waals surface area contributed by atoms with E-state index in [1.165, 1.54) is 0 Å². The van der Waals surface area contributed by atoms with Gasteiger partial charge in [-0.2, -0.15) is 0 Å². The molecular formula is C14H21N3O2. The average Bonchev–Trinajstić information content (AvgIpc) is 2.36. The van der Waals surface area contributed by atoms with Gasteiger partial charge < -0.3 is 16.3 Å². The smallest absolute Gasteiger partial charge is 0.224 e. The first-order valence-electron chi connectivity index (χ1n) is 6.33. The SMILES string of the molecule is Cc1cccc(NC(=O)CCC(C)C)c1/C(N)=N/O. The fourth-order valence-corrected chi connectivity index (χ4v) is 1.79. The van der Waals surface area contributed by atoms with Gasteiger partial charge in [0.05, 0.1) is 5.69 Å². The third kappa shape index (κ3) is 4.28. The van der Waals surface area contributed by atoms with Gasteiger partial charge >= 0.3 is 0 Å². The van der Waals surface area contributed by atoms with Gasteiger partial charge in [0.2, 0.25) is 5.91 Å². The van der Waals surface area contributed by atoms with Crippen molar-refractivity contribution in [3.63, 3.8) is 0 Å². The van der Waals surface area contributed by atoms with Gasteiger partial charge in [-0.05, 0) is 30.9 Å². The molecule has 0 atom stereocenters. The van der Waals surface area contributed by atoms with Gasteiger partial charge in [0.15, 0.2) is 5.84 Å². The van der Waals surface area contributed by atoms with E-state index in [4.69, 9.17) is 10.9 Å². The monoisotopic (exact) mass is 263 g/mol. The first-order valence-corrected chi connectivity index (χ1v) is 6.33. The first kappa shape index (κ1) is 15.0. The molecule has 104 valence electrons. The number of hydrogen-bond acceptors (Lipinski definition) is 3. The van der Waals surface area contributed by atoms with E-state index in [-0.39, 0.29) is 11.7 Å². The Bertz CT molecular complexity index is 482. The molecule has 0 bridgehead atoms. The summed E-state index contributed by atoms with van der Waals surface area (Å²) in [6.07, 6.45) is 1.29. The number of hydrogen-bond donors (Lipinski definition) is 3. The second-order valence-electron chi connectivity index (χ2n) is 4.96. The lowest BCUT2D eigenvalue weighted by Gasteiger charge is -2.13. The Kier molecular flexibility index (Phi) is 5.36. The maximum atomic E-state index is 11.8. The Labute approximate surface area is 113 Å². The maximum absolute atomic E-state index is 11.8. The van der Waals surface area contributed by atoms with Gasteiger partial charge in [-0.25, -0.2) is 0 Å². The maximum Gasteiger partial charge on any atom is 0.224 e. The molecule has 0 unspecified atom stereocenters. The topological polar surface area (TPSA) is 87.7 Å². The molecule has 0 heterocycles. The highest BCUT2D eigenvalue weighted by Crippen LogP contribution is 2.20. The zero-order valence-corrected chi connectivity index (χ0v) is 11.6. The molecule has 0 fully saturated rings. The molecule has 5 nitrogen and oxygen atoms in total. The fraction of sp³-hybridized carbons (Fsp3) is 0.429. The number of nitrogens with zero attached hydrogens (tertiary/aromatic N) is 1. The number of nitrogens with one attached hydrogen (secondary N) is 1. The molecule has 0 saturated heterocycles. The number of amidine groups is 1. The zero-order chi connectivity index (χ0) is 14.4. The van der Waals surface area contributed by atoms with Gasteiger partial charge in [-0.15, -0.1) is 0 Å². The quantitative estimate of drug-likeness (QED) is 0.330. The van der Waals surface area contributed by atoms with Crippen LogP contribution in [0.25, 0.3) is 0 Å². The van der Waals surface area contributed by atoms with Crippen molar-refractivity contribution >= 4 is 17.4 Å². The number of carbonyl (C=O) groups excluding carboxylic acids is 1. The second kappa shape index (κ2) is 6.78. The highest BCUT2D eigenvalue weighted by atomic mass is 16.4. The van der Waals surface area contributed by atoms with Crippen LogP contribution in [-0.2, 0) is 4.79 Å². The first-order chi connectivity index (χ1) is 8.95. The van der Waals surface area contributed by atoms with Crippen LogP contribution < -0.4 is 11.1 Å². The summed E-state index contributed by atoms with van der Waals surface area (Å²) in [4.78, 5) is 11.8. The van der Waals surface area contributed by atoms with Crippen LogP contribution in [0.3, 0.4) is 0 Å². The third-order valence-electron chi connectivity index (χ3n) is 2.86. The van der Waals surface area contributed by atoms with E-state index in [2.05, 4.69) is 24.3 Å². The van der Waals surface area contributed by atoms with Crippen LogP contribution in [0.2, 0.25) is 0 Å². The molecule has 0 aliphatic carbocycles. The number of amides is 1. The van der Waals surface area contributed by atoms with Crippen LogP contribution in [0.4, 0.5) is 5.69 Å². The van der Waals surface area contributed by atoms with Crippen molar-refractivity contribution in [2.24, 2.45) is 16.8 Å². The Balaban J connectivity index is 2.89. The predicted molar refractivity (Wildman–Crippen MR) is 76.4 cm³/mol. The molecule has 1 amide bonds. The minimum Gasteiger partial charge on any atom is -0.409 e. The van der Waals surface area contributed by atoms with Gasteiger partial charge in [-0.1, -0.05) is 31.1 Å². The van der Waals surface area contributed by atoms with Gasteiger partial charge in [-0.3, -0.25) is 4.79 Å². The normalized spacial score (nSPS) is 11.7. The number of benzene rings is 1. The molecule has 1 rings (SSSR count). The summed E-state index contributed by atoms with van der Waals surface area (Å²) in [6, 6.07) is 5.41. The van der Waals surface area contributed by atoms with E-state index >= 15 is 0 Å². The van der Waals surface area contributed by atoms with Crippen LogP contribution in [0, 0.1) is 12.8 Å². The summed E-state index contributed by atoms with van der Waals surface area (Å²) >= 11 is 0. The molecule has 1 aromatic carbocycles. The molecule has 1 aromatic rings. The second-order valence-corrected chi connectivity index (χ2v) is 4.96. The molecule has 0 aromatic heterocycles. The summed E-state index contributed by atoms with van der Waals surface area (Å²) in [7, 11) is 0. The lowest BCUT2D eigenvalue weighted by Crippen LogP contribution is -2.20. The number of anilines is 1. The van der Waals surface area contributed by atoms with Crippen LogP contribution >= 0.6 is 0 Å². The number of oxime groups is 1. The van der Waals surface area contributed by atoms with Crippen molar-refractivity contribution in [3.8, 4) is 0 Å². The van der Waals surface area contributed by atoms with Gasteiger partial charge in [0.25, 0.3) is 0 Å². The molecule has 0 spiro atoms. The lowest BCUT2D eigenvalue weighted by atomic mass is 10.0. The molecule has 0 aliphatic rings. The molecular weight excluding hydrogens is 242 g/mol. The van der Waals surface area contributed by atoms with Crippen molar-refractivity contribution in [1.82, 2.24) is 0 Å². The molecule has 19 heavy (non-hydrogen) atoms. The summed E-state index contributed by atoms with van der Waals surface area (Å²) in [5.74, 6) is 0.412. The highest BCUT2D eigenvalue weighted by Gasteiger charge is 2.12. The molecule has 5 heteroatoms. The highest BCUT2D eigenvalue weighted by molar-refractivity contribution is 6.06. The Morgan fingerprint density at radius 2 is 2.16 bits per heavy atom.